The number of rotatable bonds is 6. The molecule has 1 unspecified atom stereocenters. The highest BCUT2D eigenvalue weighted by Gasteiger charge is 2.09. The summed E-state index contributed by atoms with van der Waals surface area (Å²) >= 11 is 6.73. The maximum absolute atomic E-state index is 13.1. The summed E-state index contributed by atoms with van der Waals surface area (Å²) in [5.41, 5.74) is 1.08. The van der Waals surface area contributed by atoms with Crippen LogP contribution >= 0.6 is 31.9 Å². The molecule has 1 aromatic carbocycles. The molecule has 0 radical (unpaired) electrons. The van der Waals surface area contributed by atoms with Crippen LogP contribution in [0.1, 0.15) is 5.56 Å². The summed E-state index contributed by atoms with van der Waals surface area (Å²) in [5, 5.41) is 0. The van der Waals surface area contributed by atoms with Gasteiger partial charge in [-0.2, -0.15) is 0 Å². The molecule has 0 heterocycles. The van der Waals surface area contributed by atoms with Crippen molar-refractivity contribution in [2.45, 2.75) is 11.4 Å². The molecule has 0 aliphatic heterocycles. The molecule has 1 atom stereocenters. The monoisotopic (exact) mass is 367 g/mol. The van der Waals surface area contributed by atoms with E-state index in [0.29, 0.717) is 15.9 Å². The number of ether oxygens (including phenoxy) is 1. The van der Waals surface area contributed by atoms with Crippen molar-refractivity contribution in [3.8, 4) is 0 Å². The molecule has 0 saturated heterocycles. The van der Waals surface area contributed by atoms with Crippen molar-refractivity contribution in [3.05, 3.63) is 34.1 Å². The average Bonchev–Trinajstić information content (AvgIpc) is 2.23. The van der Waals surface area contributed by atoms with Crippen LogP contribution < -0.4 is 0 Å². The summed E-state index contributed by atoms with van der Waals surface area (Å²) in [6, 6.07) is 5.09. The Balaban J connectivity index is 2.50. The van der Waals surface area contributed by atoms with E-state index < -0.39 is 0 Å². The summed E-state index contributed by atoms with van der Waals surface area (Å²) in [6.45, 7) is 2.34. The fourth-order valence-electron chi connectivity index (χ4n) is 1.59. The fraction of sp³-hybridized carbons (Fsp3) is 0.500. The molecular weight excluding hydrogens is 353 g/mol. The predicted octanol–water partition coefficient (Wildman–Crippen LogP) is 3.43. The van der Waals surface area contributed by atoms with E-state index in [1.807, 2.05) is 13.1 Å². The van der Waals surface area contributed by atoms with Crippen LogP contribution in [0.3, 0.4) is 0 Å². The van der Waals surface area contributed by atoms with Crippen molar-refractivity contribution in [1.82, 2.24) is 4.90 Å². The summed E-state index contributed by atoms with van der Waals surface area (Å²) in [7, 11) is 3.71. The molecule has 5 heteroatoms. The first-order chi connectivity index (χ1) is 8.02. The molecule has 0 aromatic heterocycles. The van der Waals surface area contributed by atoms with Crippen LogP contribution in [0.15, 0.2) is 22.7 Å². The molecule has 17 heavy (non-hydrogen) atoms. The Morgan fingerprint density at radius 1 is 1.47 bits per heavy atom. The van der Waals surface area contributed by atoms with Gasteiger partial charge in [0.15, 0.2) is 0 Å². The highest BCUT2D eigenvalue weighted by molar-refractivity contribution is 9.10. The minimum absolute atomic E-state index is 0.228. The zero-order chi connectivity index (χ0) is 12.8. The van der Waals surface area contributed by atoms with E-state index in [9.17, 15) is 4.39 Å². The van der Waals surface area contributed by atoms with E-state index in [0.717, 1.165) is 18.7 Å². The second-order valence-corrected chi connectivity index (χ2v) is 6.15. The maximum atomic E-state index is 13.1. The first-order valence-corrected chi connectivity index (χ1v) is 6.99. The molecule has 0 N–H and O–H groups in total. The van der Waals surface area contributed by atoms with Gasteiger partial charge < -0.3 is 9.64 Å². The number of methoxy groups -OCH3 is 1. The van der Waals surface area contributed by atoms with Crippen LogP contribution in [0.5, 0.6) is 0 Å². The molecule has 0 spiro atoms. The van der Waals surface area contributed by atoms with E-state index in [2.05, 4.69) is 36.8 Å². The smallest absolute Gasteiger partial charge is 0.137 e. The first kappa shape index (κ1) is 15.1. The summed E-state index contributed by atoms with van der Waals surface area (Å²) < 4.78 is 18.6. The molecule has 1 aromatic rings. The molecule has 2 nitrogen and oxygen atoms in total. The normalized spacial score (nSPS) is 13.1. The number of alkyl halides is 1. The predicted molar refractivity (Wildman–Crippen MR) is 75.0 cm³/mol. The minimum atomic E-state index is -0.228. The number of benzene rings is 1. The van der Waals surface area contributed by atoms with Gasteiger partial charge >= 0.3 is 0 Å². The van der Waals surface area contributed by atoms with E-state index in [4.69, 9.17) is 4.74 Å². The quantitative estimate of drug-likeness (QED) is 0.713. The van der Waals surface area contributed by atoms with Gasteiger partial charge in [0.05, 0.1) is 15.9 Å². The van der Waals surface area contributed by atoms with E-state index >= 15 is 0 Å². The first-order valence-electron chi connectivity index (χ1n) is 5.28. The number of hydrogen-bond acceptors (Lipinski definition) is 2. The molecule has 0 fully saturated rings. The van der Waals surface area contributed by atoms with Gasteiger partial charge in [0.25, 0.3) is 0 Å². The lowest BCUT2D eigenvalue weighted by molar-refractivity contribution is 0.185. The Hall–Kier alpha value is 0.0300. The van der Waals surface area contributed by atoms with Crippen LogP contribution in [0.2, 0.25) is 0 Å². The molecule has 1 rings (SSSR count). The third-order valence-electron chi connectivity index (χ3n) is 2.29. The van der Waals surface area contributed by atoms with Crippen LogP contribution in [0.4, 0.5) is 4.39 Å². The Labute approximate surface area is 118 Å². The van der Waals surface area contributed by atoms with E-state index in [1.165, 1.54) is 6.07 Å². The van der Waals surface area contributed by atoms with Crippen molar-refractivity contribution in [2.75, 3.05) is 27.3 Å². The summed E-state index contributed by atoms with van der Waals surface area (Å²) in [4.78, 5) is 2.47. The third-order valence-corrected chi connectivity index (χ3v) is 3.46. The minimum Gasteiger partial charge on any atom is -0.383 e. The van der Waals surface area contributed by atoms with Gasteiger partial charge in [0.2, 0.25) is 0 Å². The van der Waals surface area contributed by atoms with Crippen molar-refractivity contribution in [3.63, 3.8) is 0 Å². The van der Waals surface area contributed by atoms with Gasteiger partial charge in [-0.15, -0.1) is 0 Å². The van der Waals surface area contributed by atoms with Gasteiger partial charge in [-0.1, -0.05) is 22.0 Å². The Kier molecular flexibility index (Phi) is 6.62. The van der Waals surface area contributed by atoms with Crippen LogP contribution in [-0.4, -0.2) is 37.0 Å². The molecule has 0 bridgehead atoms. The lowest BCUT2D eigenvalue weighted by atomic mass is 10.2. The molecule has 0 aliphatic carbocycles. The lowest BCUT2D eigenvalue weighted by Crippen LogP contribution is -2.28. The lowest BCUT2D eigenvalue weighted by Gasteiger charge is -2.20. The van der Waals surface area contributed by atoms with Crippen molar-refractivity contribution in [1.29, 1.82) is 0 Å². The van der Waals surface area contributed by atoms with Crippen molar-refractivity contribution < 1.29 is 9.13 Å². The number of nitrogens with zero attached hydrogens (tertiary/aromatic N) is 1. The number of hydrogen-bond donors (Lipinski definition) is 0. The summed E-state index contributed by atoms with van der Waals surface area (Å²) in [5.74, 6) is -0.228. The maximum Gasteiger partial charge on any atom is 0.137 e. The highest BCUT2D eigenvalue weighted by Crippen LogP contribution is 2.18. The Bertz CT molecular complexity index is 362. The molecule has 0 saturated carbocycles. The van der Waals surface area contributed by atoms with E-state index in [-0.39, 0.29) is 5.82 Å². The average molecular weight is 369 g/mol. The third kappa shape index (κ3) is 5.46. The molecule has 96 valence electrons. The Morgan fingerprint density at radius 3 is 2.76 bits per heavy atom. The Morgan fingerprint density at radius 2 is 2.18 bits per heavy atom. The second kappa shape index (κ2) is 7.46. The van der Waals surface area contributed by atoms with Crippen LogP contribution in [-0.2, 0) is 11.3 Å². The zero-order valence-corrected chi connectivity index (χ0v) is 13.1. The van der Waals surface area contributed by atoms with Gasteiger partial charge in [-0.25, -0.2) is 4.39 Å². The fourth-order valence-corrected chi connectivity index (χ4v) is 2.77. The zero-order valence-electron chi connectivity index (χ0n) is 9.92. The van der Waals surface area contributed by atoms with Crippen LogP contribution in [0.25, 0.3) is 0 Å². The molecular formula is C12H16Br2FNO. The van der Waals surface area contributed by atoms with Crippen molar-refractivity contribution >= 4 is 31.9 Å². The van der Waals surface area contributed by atoms with Crippen molar-refractivity contribution in [2.24, 2.45) is 0 Å². The van der Waals surface area contributed by atoms with Gasteiger partial charge in [0, 0.05) is 20.2 Å². The second-order valence-electron chi connectivity index (χ2n) is 4.00. The van der Waals surface area contributed by atoms with Gasteiger partial charge in [-0.3, -0.25) is 0 Å². The number of halogens is 3. The summed E-state index contributed by atoms with van der Waals surface area (Å²) in [6.07, 6.45) is 0. The van der Waals surface area contributed by atoms with Crippen LogP contribution in [0, 0.1) is 5.82 Å². The standard InChI is InChI=1S/C12H16Br2FNO/c1-16(7-10(13)8-17-2)6-9-3-4-12(15)11(14)5-9/h3-5,10H,6-8H2,1-2H3. The molecule has 0 amide bonds. The molecule has 0 aliphatic rings. The van der Waals surface area contributed by atoms with E-state index in [1.54, 1.807) is 13.2 Å². The van der Waals surface area contributed by atoms with Gasteiger partial charge in [0.1, 0.15) is 5.82 Å². The highest BCUT2D eigenvalue weighted by atomic mass is 79.9. The topological polar surface area (TPSA) is 12.5 Å². The van der Waals surface area contributed by atoms with Gasteiger partial charge in [-0.05, 0) is 40.7 Å². The largest absolute Gasteiger partial charge is 0.383 e. The SMILES string of the molecule is COCC(Br)CN(C)Cc1ccc(F)c(Br)c1.